The standard InChI is InChI=1S/C14H11BrCl2N2O/c15-10-3-2-9(18)7-13(10)19-14(20)6-8-1-4-11(16)12(17)5-8/h1-5,7H,6,18H2,(H,19,20). The molecule has 0 saturated carbocycles. The van der Waals surface area contributed by atoms with E-state index in [2.05, 4.69) is 21.2 Å². The summed E-state index contributed by atoms with van der Waals surface area (Å²) >= 11 is 15.1. The SMILES string of the molecule is Nc1ccc(Br)c(NC(=O)Cc2ccc(Cl)c(Cl)c2)c1. The minimum atomic E-state index is -0.158. The van der Waals surface area contributed by atoms with E-state index < -0.39 is 0 Å². The number of nitrogen functional groups attached to an aromatic ring is 1. The summed E-state index contributed by atoms with van der Waals surface area (Å²) in [5.74, 6) is -0.158. The van der Waals surface area contributed by atoms with Crippen LogP contribution in [0.5, 0.6) is 0 Å². The monoisotopic (exact) mass is 372 g/mol. The molecule has 20 heavy (non-hydrogen) atoms. The van der Waals surface area contributed by atoms with Crippen molar-refractivity contribution in [1.82, 2.24) is 0 Å². The quantitative estimate of drug-likeness (QED) is 0.777. The van der Waals surface area contributed by atoms with Crippen molar-refractivity contribution >= 4 is 56.4 Å². The van der Waals surface area contributed by atoms with Crippen LogP contribution < -0.4 is 11.1 Å². The number of hydrogen-bond donors (Lipinski definition) is 2. The molecule has 0 fully saturated rings. The maximum absolute atomic E-state index is 12.0. The van der Waals surface area contributed by atoms with Crippen molar-refractivity contribution < 1.29 is 4.79 Å². The molecule has 0 saturated heterocycles. The number of carbonyl (C=O) groups is 1. The molecule has 6 heteroatoms. The van der Waals surface area contributed by atoms with Crippen molar-refractivity contribution in [2.24, 2.45) is 0 Å². The summed E-state index contributed by atoms with van der Waals surface area (Å²) in [4.78, 5) is 12.0. The van der Waals surface area contributed by atoms with Gasteiger partial charge in [0.2, 0.25) is 5.91 Å². The molecule has 3 nitrogen and oxygen atoms in total. The Balaban J connectivity index is 2.09. The normalized spacial score (nSPS) is 10.3. The fourth-order valence-electron chi connectivity index (χ4n) is 1.67. The molecule has 1 amide bonds. The summed E-state index contributed by atoms with van der Waals surface area (Å²) in [5.41, 5.74) is 7.69. The molecule has 104 valence electrons. The highest BCUT2D eigenvalue weighted by atomic mass is 79.9. The Hall–Kier alpha value is -1.23. The van der Waals surface area contributed by atoms with Gasteiger partial charge in [-0.25, -0.2) is 0 Å². The summed E-state index contributed by atoms with van der Waals surface area (Å²) in [5, 5.41) is 3.69. The molecule has 0 aliphatic carbocycles. The molecular formula is C14H11BrCl2N2O. The fourth-order valence-corrected chi connectivity index (χ4v) is 2.33. The van der Waals surface area contributed by atoms with Gasteiger partial charge in [0.1, 0.15) is 0 Å². The van der Waals surface area contributed by atoms with Gasteiger partial charge in [0.15, 0.2) is 0 Å². The van der Waals surface area contributed by atoms with E-state index in [0.717, 1.165) is 10.0 Å². The summed E-state index contributed by atoms with van der Waals surface area (Å²) in [6, 6.07) is 10.3. The van der Waals surface area contributed by atoms with E-state index in [1.807, 2.05) is 0 Å². The van der Waals surface area contributed by atoms with Crippen molar-refractivity contribution in [2.45, 2.75) is 6.42 Å². The lowest BCUT2D eigenvalue weighted by Gasteiger charge is -2.09. The number of amides is 1. The highest BCUT2D eigenvalue weighted by molar-refractivity contribution is 9.10. The zero-order chi connectivity index (χ0) is 14.7. The number of anilines is 2. The topological polar surface area (TPSA) is 55.1 Å². The minimum absolute atomic E-state index is 0.158. The first-order valence-electron chi connectivity index (χ1n) is 5.74. The predicted octanol–water partition coefficient (Wildman–Crippen LogP) is 4.52. The predicted molar refractivity (Wildman–Crippen MR) is 87.4 cm³/mol. The molecule has 3 N–H and O–H groups in total. The molecule has 0 atom stereocenters. The van der Waals surface area contributed by atoms with Gasteiger partial charge in [0, 0.05) is 10.2 Å². The average molecular weight is 374 g/mol. The van der Waals surface area contributed by atoms with Crippen LogP contribution >= 0.6 is 39.1 Å². The van der Waals surface area contributed by atoms with Gasteiger partial charge in [-0.15, -0.1) is 0 Å². The first-order valence-corrected chi connectivity index (χ1v) is 7.29. The summed E-state index contributed by atoms with van der Waals surface area (Å²) in [6.07, 6.45) is 0.206. The second-order valence-electron chi connectivity index (χ2n) is 4.21. The van der Waals surface area contributed by atoms with E-state index in [-0.39, 0.29) is 12.3 Å². The molecule has 0 aliphatic heterocycles. The lowest BCUT2D eigenvalue weighted by atomic mass is 10.1. The van der Waals surface area contributed by atoms with Crippen LogP contribution in [0.15, 0.2) is 40.9 Å². The van der Waals surface area contributed by atoms with Crippen molar-refractivity contribution in [3.05, 3.63) is 56.5 Å². The Bertz CT molecular complexity index is 662. The van der Waals surface area contributed by atoms with E-state index in [4.69, 9.17) is 28.9 Å². The van der Waals surface area contributed by atoms with Crippen molar-refractivity contribution in [2.75, 3.05) is 11.1 Å². The molecular weight excluding hydrogens is 363 g/mol. The Morgan fingerprint density at radius 3 is 2.60 bits per heavy atom. The molecule has 2 rings (SSSR count). The van der Waals surface area contributed by atoms with E-state index in [1.165, 1.54) is 0 Å². The largest absolute Gasteiger partial charge is 0.399 e. The van der Waals surface area contributed by atoms with E-state index in [9.17, 15) is 4.79 Å². The van der Waals surface area contributed by atoms with Crippen molar-refractivity contribution in [1.29, 1.82) is 0 Å². The minimum Gasteiger partial charge on any atom is -0.399 e. The van der Waals surface area contributed by atoms with Crippen LogP contribution in [-0.2, 0) is 11.2 Å². The van der Waals surface area contributed by atoms with E-state index in [1.54, 1.807) is 36.4 Å². The maximum Gasteiger partial charge on any atom is 0.228 e. The van der Waals surface area contributed by atoms with Crippen LogP contribution in [0.3, 0.4) is 0 Å². The molecule has 0 aliphatic rings. The Labute approximate surface area is 135 Å². The molecule has 0 spiro atoms. The Morgan fingerprint density at radius 1 is 1.15 bits per heavy atom. The second kappa shape index (κ2) is 6.48. The highest BCUT2D eigenvalue weighted by Gasteiger charge is 2.08. The second-order valence-corrected chi connectivity index (χ2v) is 5.88. The number of carbonyl (C=O) groups excluding carboxylic acids is 1. The summed E-state index contributed by atoms with van der Waals surface area (Å²) in [7, 11) is 0. The molecule has 2 aromatic carbocycles. The smallest absolute Gasteiger partial charge is 0.228 e. The van der Waals surface area contributed by atoms with Gasteiger partial charge in [0.25, 0.3) is 0 Å². The number of benzene rings is 2. The molecule has 0 heterocycles. The third-order valence-electron chi connectivity index (χ3n) is 2.61. The van der Waals surface area contributed by atoms with Gasteiger partial charge >= 0.3 is 0 Å². The Morgan fingerprint density at radius 2 is 1.90 bits per heavy atom. The van der Waals surface area contributed by atoms with Gasteiger partial charge in [-0.2, -0.15) is 0 Å². The highest BCUT2D eigenvalue weighted by Crippen LogP contribution is 2.26. The van der Waals surface area contributed by atoms with Crippen LogP contribution in [-0.4, -0.2) is 5.91 Å². The van der Waals surface area contributed by atoms with Crippen molar-refractivity contribution in [3.8, 4) is 0 Å². The maximum atomic E-state index is 12.0. The van der Waals surface area contributed by atoms with Gasteiger partial charge in [-0.1, -0.05) is 29.3 Å². The third-order valence-corrected chi connectivity index (χ3v) is 4.04. The zero-order valence-electron chi connectivity index (χ0n) is 10.3. The third kappa shape index (κ3) is 3.88. The van der Waals surface area contributed by atoms with E-state index >= 15 is 0 Å². The molecule has 0 aromatic heterocycles. The van der Waals surface area contributed by atoms with Crippen LogP contribution in [0.2, 0.25) is 10.0 Å². The van der Waals surface area contributed by atoms with Gasteiger partial charge in [-0.05, 0) is 51.8 Å². The lowest BCUT2D eigenvalue weighted by Crippen LogP contribution is -2.14. The molecule has 0 radical (unpaired) electrons. The summed E-state index contributed by atoms with van der Waals surface area (Å²) in [6.45, 7) is 0. The van der Waals surface area contributed by atoms with Crippen LogP contribution in [0.25, 0.3) is 0 Å². The van der Waals surface area contributed by atoms with Gasteiger partial charge in [0.05, 0.1) is 22.2 Å². The van der Waals surface area contributed by atoms with Gasteiger partial charge in [-0.3, -0.25) is 4.79 Å². The van der Waals surface area contributed by atoms with Crippen LogP contribution in [0.1, 0.15) is 5.56 Å². The molecule has 0 unspecified atom stereocenters. The van der Waals surface area contributed by atoms with Crippen LogP contribution in [0, 0.1) is 0 Å². The fraction of sp³-hybridized carbons (Fsp3) is 0.0714. The summed E-state index contributed by atoms with van der Waals surface area (Å²) < 4.78 is 0.772. The Kier molecular flexibility index (Phi) is 4.91. The lowest BCUT2D eigenvalue weighted by molar-refractivity contribution is -0.115. The number of halogens is 3. The van der Waals surface area contributed by atoms with Crippen molar-refractivity contribution in [3.63, 3.8) is 0 Å². The first-order chi connectivity index (χ1) is 9.45. The molecule has 2 aromatic rings. The number of rotatable bonds is 3. The number of nitrogens with two attached hydrogens (primary N) is 1. The average Bonchev–Trinajstić information content (AvgIpc) is 2.38. The first kappa shape index (κ1) is 15.2. The zero-order valence-corrected chi connectivity index (χ0v) is 13.4. The number of nitrogens with one attached hydrogen (secondary N) is 1. The van der Waals surface area contributed by atoms with Crippen LogP contribution in [0.4, 0.5) is 11.4 Å². The molecule has 0 bridgehead atoms. The number of hydrogen-bond acceptors (Lipinski definition) is 2. The van der Waals surface area contributed by atoms with Gasteiger partial charge < -0.3 is 11.1 Å². The van der Waals surface area contributed by atoms with E-state index in [0.29, 0.717) is 21.4 Å².